The van der Waals surface area contributed by atoms with Crippen LogP contribution in [0.2, 0.25) is 5.02 Å². The Kier molecular flexibility index (Phi) is 5.65. The lowest BCUT2D eigenvalue weighted by atomic mass is 10.2. The Morgan fingerprint density at radius 1 is 1.23 bits per heavy atom. The number of hydrogen-bond donors (Lipinski definition) is 2. The first-order valence-electron chi connectivity index (χ1n) is 7.98. The summed E-state index contributed by atoms with van der Waals surface area (Å²) in [6, 6.07) is 16.9. The lowest BCUT2D eigenvalue weighted by Gasteiger charge is -2.03. The van der Waals surface area contributed by atoms with Gasteiger partial charge in [-0.2, -0.15) is 0 Å². The molecule has 0 fully saturated rings. The van der Waals surface area contributed by atoms with Crippen LogP contribution in [0.1, 0.15) is 16.8 Å². The van der Waals surface area contributed by atoms with Crippen molar-refractivity contribution in [3.8, 4) is 5.69 Å². The number of H-pyrrole nitrogens is 1. The van der Waals surface area contributed by atoms with Gasteiger partial charge >= 0.3 is 0 Å². The predicted molar refractivity (Wildman–Crippen MR) is 110 cm³/mol. The summed E-state index contributed by atoms with van der Waals surface area (Å²) in [6.07, 6.45) is 1.49. The maximum atomic E-state index is 12.6. The zero-order valence-corrected chi connectivity index (χ0v) is 15.6. The maximum absolute atomic E-state index is 12.6. The van der Waals surface area contributed by atoms with E-state index in [0.717, 1.165) is 5.56 Å². The van der Waals surface area contributed by atoms with Crippen LogP contribution < -0.4 is 10.9 Å². The van der Waals surface area contributed by atoms with Gasteiger partial charge in [0, 0.05) is 23.5 Å². The van der Waals surface area contributed by atoms with E-state index in [4.69, 9.17) is 23.8 Å². The van der Waals surface area contributed by atoms with Gasteiger partial charge < -0.3 is 5.32 Å². The molecule has 0 atom stereocenters. The molecule has 132 valence electrons. The molecule has 0 unspecified atom stereocenters. The molecule has 0 amide bonds. The van der Waals surface area contributed by atoms with E-state index in [2.05, 4.69) is 15.4 Å². The summed E-state index contributed by atoms with van der Waals surface area (Å²) < 4.78 is 1.45. The van der Waals surface area contributed by atoms with Gasteiger partial charge in [0.05, 0.1) is 11.3 Å². The Morgan fingerprint density at radius 2 is 1.92 bits per heavy atom. The lowest BCUT2D eigenvalue weighted by molar-refractivity contribution is 0.835. The fourth-order valence-corrected chi connectivity index (χ4v) is 2.68. The van der Waals surface area contributed by atoms with Crippen molar-refractivity contribution < 1.29 is 0 Å². The van der Waals surface area contributed by atoms with E-state index in [-0.39, 0.29) is 5.56 Å². The van der Waals surface area contributed by atoms with E-state index in [1.807, 2.05) is 37.3 Å². The lowest BCUT2D eigenvalue weighted by Crippen LogP contribution is -2.20. The van der Waals surface area contributed by atoms with Gasteiger partial charge in [-0.1, -0.05) is 41.9 Å². The number of thiocarbonyl (C=S) groups is 1. The largest absolute Gasteiger partial charge is 0.357 e. The summed E-state index contributed by atoms with van der Waals surface area (Å²) in [4.78, 5) is 16.8. The van der Waals surface area contributed by atoms with Gasteiger partial charge in [-0.05, 0) is 49.0 Å². The molecule has 5 nitrogen and oxygen atoms in total. The highest BCUT2D eigenvalue weighted by atomic mass is 35.5. The van der Waals surface area contributed by atoms with E-state index < -0.39 is 0 Å². The molecule has 0 saturated carbocycles. The van der Waals surface area contributed by atoms with Crippen LogP contribution in [0, 0.1) is 6.92 Å². The number of hydrogen-bond acceptors (Lipinski definition) is 2. The Hall–Kier alpha value is -2.70. The number of aryl methyl sites for hydroxylation is 1. The highest BCUT2D eigenvalue weighted by Crippen LogP contribution is 2.12. The van der Waals surface area contributed by atoms with Gasteiger partial charge in [0.15, 0.2) is 5.11 Å². The fourth-order valence-electron chi connectivity index (χ4n) is 2.43. The second-order valence-corrected chi connectivity index (χ2v) is 6.49. The minimum Gasteiger partial charge on any atom is -0.357 e. The third kappa shape index (κ3) is 4.28. The number of nitrogens with one attached hydrogen (secondary N) is 2. The molecule has 1 heterocycles. The molecule has 3 aromatic rings. The molecule has 2 N–H and O–H groups in total. The number of rotatable bonds is 4. The molecule has 26 heavy (non-hydrogen) atoms. The summed E-state index contributed by atoms with van der Waals surface area (Å²) in [7, 11) is 0. The zero-order valence-electron chi connectivity index (χ0n) is 14.1. The molecular formula is C19H17ClN4OS. The first-order valence-corrected chi connectivity index (χ1v) is 8.76. The number of benzene rings is 2. The van der Waals surface area contributed by atoms with Crippen molar-refractivity contribution >= 4 is 35.1 Å². The topological polar surface area (TPSA) is 62.2 Å². The second-order valence-electron chi connectivity index (χ2n) is 5.67. The Bertz CT molecular complexity index is 991. The zero-order chi connectivity index (χ0) is 18.5. The minimum absolute atomic E-state index is 0.195. The fraction of sp³-hybridized carbons (Fsp3) is 0.105. The summed E-state index contributed by atoms with van der Waals surface area (Å²) in [5.41, 5.74) is 2.78. The van der Waals surface area contributed by atoms with E-state index in [0.29, 0.717) is 33.6 Å². The summed E-state index contributed by atoms with van der Waals surface area (Å²) in [5.74, 6) is 0. The maximum Gasteiger partial charge on any atom is 0.280 e. The van der Waals surface area contributed by atoms with E-state index >= 15 is 0 Å². The monoisotopic (exact) mass is 384 g/mol. The van der Waals surface area contributed by atoms with Crippen molar-refractivity contribution in [2.75, 3.05) is 0 Å². The van der Waals surface area contributed by atoms with Crippen LogP contribution in [0.5, 0.6) is 0 Å². The van der Waals surface area contributed by atoms with Crippen LogP contribution in [0.3, 0.4) is 0 Å². The molecule has 7 heteroatoms. The standard InChI is InChI=1S/C19H17ClN4OS/c1-13-17(12-22-19(26)21-11-14-5-3-2-4-6-14)18(25)24(23-13)16-9-7-15(20)8-10-16/h2-10,12,23H,11H2,1H3,(H,21,26)/b22-12+. The average Bonchev–Trinajstić information content (AvgIpc) is 2.94. The molecule has 0 radical (unpaired) electrons. The quantitative estimate of drug-likeness (QED) is 0.533. The van der Waals surface area contributed by atoms with Crippen molar-refractivity contribution in [2.45, 2.75) is 13.5 Å². The Morgan fingerprint density at radius 3 is 2.62 bits per heavy atom. The molecule has 0 bridgehead atoms. The smallest absolute Gasteiger partial charge is 0.280 e. The molecule has 0 saturated heterocycles. The Labute approximate surface area is 161 Å². The van der Waals surface area contributed by atoms with Crippen LogP contribution in [0.15, 0.2) is 64.4 Å². The third-order valence-electron chi connectivity index (χ3n) is 3.80. The first kappa shape index (κ1) is 18.1. The molecule has 0 aliphatic carbocycles. The van der Waals surface area contributed by atoms with Crippen LogP contribution in [0.25, 0.3) is 5.69 Å². The number of aliphatic imine (C=N–C) groups is 1. The summed E-state index contributed by atoms with van der Waals surface area (Å²) in [6.45, 7) is 2.40. The normalized spacial score (nSPS) is 11.0. The van der Waals surface area contributed by atoms with Crippen molar-refractivity contribution in [2.24, 2.45) is 4.99 Å². The van der Waals surface area contributed by atoms with Crippen LogP contribution in [-0.4, -0.2) is 21.1 Å². The second kappa shape index (κ2) is 8.12. The van der Waals surface area contributed by atoms with Gasteiger partial charge in [0.25, 0.3) is 5.56 Å². The van der Waals surface area contributed by atoms with Crippen LogP contribution in [0.4, 0.5) is 0 Å². The minimum atomic E-state index is -0.195. The molecule has 0 aliphatic heterocycles. The van der Waals surface area contributed by atoms with Gasteiger partial charge in [-0.15, -0.1) is 0 Å². The predicted octanol–water partition coefficient (Wildman–Crippen LogP) is 3.62. The molecule has 0 spiro atoms. The van der Waals surface area contributed by atoms with Crippen LogP contribution >= 0.6 is 23.8 Å². The summed E-state index contributed by atoms with van der Waals surface area (Å²) in [5, 5.41) is 7.03. The number of halogens is 1. The SMILES string of the molecule is Cc1[nH]n(-c2ccc(Cl)cc2)c(=O)c1/C=N/C(=S)NCc1ccccc1. The molecule has 2 aromatic carbocycles. The first-order chi connectivity index (χ1) is 12.5. The third-order valence-corrected chi connectivity index (χ3v) is 4.30. The number of nitrogens with zero attached hydrogens (tertiary/aromatic N) is 2. The van der Waals surface area contributed by atoms with E-state index in [1.54, 1.807) is 24.3 Å². The van der Waals surface area contributed by atoms with E-state index in [1.165, 1.54) is 10.9 Å². The highest BCUT2D eigenvalue weighted by molar-refractivity contribution is 7.80. The highest BCUT2D eigenvalue weighted by Gasteiger charge is 2.10. The average molecular weight is 385 g/mol. The summed E-state index contributed by atoms with van der Waals surface area (Å²) >= 11 is 11.1. The van der Waals surface area contributed by atoms with Crippen molar-refractivity contribution in [3.05, 3.63) is 86.8 Å². The van der Waals surface area contributed by atoms with Gasteiger partial charge in [0.2, 0.25) is 0 Å². The van der Waals surface area contributed by atoms with Gasteiger partial charge in [-0.3, -0.25) is 9.89 Å². The molecule has 3 rings (SSSR count). The van der Waals surface area contributed by atoms with E-state index in [9.17, 15) is 4.79 Å². The van der Waals surface area contributed by atoms with Gasteiger partial charge in [0.1, 0.15) is 0 Å². The van der Waals surface area contributed by atoms with Crippen molar-refractivity contribution in [1.82, 2.24) is 15.1 Å². The number of aromatic nitrogens is 2. The molecule has 0 aliphatic rings. The Balaban J connectivity index is 1.73. The van der Waals surface area contributed by atoms with Crippen molar-refractivity contribution in [3.63, 3.8) is 0 Å². The van der Waals surface area contributed by atoms with Gasteiger partial charge in [-0.25, -0.2) is 9.67 Å². The molecule has 1 aromatic heterocycles. The number of aromatic amines is 1. The molecular weight excluding hydrogens is 368 g/mol. The van der Waals surface area contributed by atoms with Crippen LogP contribution in [-0.2, 0) is 6.54 Å². The van der Waals surface area contributed by atoms with Crippen molar-refractivity contribution in [1.29, 1.82) is 0 Å².